The van der Waals surface area contributed by atoms with Gasteiger partial charge in [0.2, 0.25) is 0 Å². The molecule has 3 unspecified atom stereocenters. The molecule has 0 spiro atoms. The maximum absolute atomic E-state index is 5.87. The van der Waals surface area contributed by atoms with Crippen LogP contribution >= 0.6 is 45.8 Å². The molecule has 48 valence electrons. The summed E-state index contributed by atoms with van der Waals surface area (Å²) in [6.45, 7) is 0. The fourth-order valence-electron chi connectivity index (χ4n) is 0.863. The van der Waals surface area contributed by atoms with Gasteiger partial charge >= 0.3 is 0 Å². The van der Waals surface area contributed by atoms with Gasteiger partial charge in [0.25, 0.3) is 0 Å². The quantitative estimate of drug-likeness (QED) is 0.466. The summed E-state index contributed by atoms with van der Waals surface area (Å²) in [5.74, 6) is 0. The second-order valence-corrected chi connectivity index (χ2v) is 4.72. The van der Waals surface area contributed by atoms with Crippen molar-refractivity contribution in [1.29, 1.82) is 0 Å². The molecule has 1 rings (SSSR count). The molecule has 1 aliphatic rings. The first-order valence-corrected chi connectivity index (χ1v) is 4.76. The zero-order valence-electron chi connectivity index (χ0n) is 4.28. The van der Waals surface area contributed by atoms with Gasteiger partial charge in [-0.25, -0.2) is 0 Å². The Bertz CT molecular complexity index is 76.5. The van der Waals surface area contributed by atoms with Crippen molar-refractivity contribution < 1.29 is 0 Å². The molecule has 0 aromatic heterocycles. The highest BCUT2D eigenvalue weighted by atomic mass is 127. The van der Waals surface area contributed by atoms with E-state index in [1.54, 1.807) is 0 Å². The van der Waals surface area contributed by atoms with Gasteiger partial charge in [-0.15, -0.1) is 23.2 Å². The first-order chi connectivity index (χ1) is 3.72. The molecule has 3 heteroatoms. The molecule has 0 aromatic carbocycles. The maximum Gasteiger partial charge on any atom is 0.0617 e. The highest BCUT2D eigenvalue weighted by molar-refractivity contribution is 14.1. The van der Waals surface area contributed by atoms with E-state index in [0.717, 1.165) is 6.42 Å². The van der Waals surface area contributed by atoms with Crippen LogP contribution < -0.4 is 0 Å². The zero-order chi connectivity index (χ0) is 6.15. The molecule has 0 aromatic rings. The van der Waals surface area contributed by atoms with Crippen molar-refractivity contribution in [2.75, 3.05) is 0 Å². The van der Waals surface area contributed by atoms with Crippen LogP contribution in [0.25, 0.3) is 0 Å². The highest BCUT2D eigenvalue weighted by Gasteiger charge is 2.30. The van der Waals surface area contributed by atoms with Gasteiger partial charge < -0.3 is 0 Å². The Labute approximate surface area is 73.1 Å². The standard InChI is InChI=1S/C5H7Cl2I/c6-3-1-2-4(8)5(3)7/h3-5H,1-2H2. The number of hydrogen-bond acceptors (Lipinski definition) is 0. The van der Waals surface area contributed by atoms with Crippen LogP contribution in [-0.2, 0) is 0 Å². The van der Waals surface area contributed by atoms with Crippen LogP contribution in [0.1, 0.15) is 12.8 Å². The summed E-state index contributed by atoms with van der Waals surface area (Å²) in [6, 6.07) is 0. The van der Waals surface area contributed by atoms with Crippen LogP contribution in [0.4, 0.5) is 0 Å². The van der Waals surface area contributed by atoms with Gasteiger partial charge in [0, 0.05) is 3.92 Å². The van der Waals surface area contributed by atoms with E-state index in [-0.39, 0.29) is 10.8 Å². The molecule has 3 atom stereocenters. The van der Waals surface area contributed by atoms with E-state index < -0.39 is 0 Å². The van der Waals surface area contributed by atoms with Crippen LogP contribution in [0.2, 0.25) is 0 Å². The summed E-state index contributed by atoms with van der Waals surface area (Å²) in [6.07, 6.45) is 2.27. The second kappa shape index (κ2) is 2.93. The molecule has 0 saturated heterocycles. The number of alkyl halides is 3. The number of halogens is 3. The van der Waals surface area contributed by atoms with E-state index in [1.807, 2.05) is 0 Å². The third-order valence-corrected chi connectivity index (χ3v) is 4.46. The van der Waals surface area contributed by atoms with Gasteiger partial charge in [0.05, 0.1) is 10.8 Å². The SMILES string of the molecule is ClC1CCC(I)C1Cl. The Kier molecular flexibility index (Phi) is 2.72. The number of hydrogen-bond donors (Lipinski definition) is 0. The fourth-order valence-corrected chi connectivity index (χ4v) is 2.52. The van der Waals surface area contributed by atoms with Crippen LogP contribution in [0, 0.1) is 0 Å². The van der Waals surface area contributed by atoms with Gasteiger partial charge in [-0.3, -0.25) is 0 Å². The lowest BCUT2D eigenvalue weighted by atomic mass is 10.4. The monoisotopic (exact) mass is 264 g/mol. The van der Waals surface area contributed by atoms with E-state index in [9.17, 15) is 0 Å². The Balaban J connectivity index is 2.44. The Morgan fingerprint density at radius 2 is 1.88 bits per heavy atom. The van der Waals surface area contributed by atoms with Crippen LogP contribution in [-0.4, -0.2) is 14.7 Å². The third-order valence-electron chi connectivity index (χ3n) is 1.41. The molecule has 0 radical (unpaired) electrons. The molecule has 0 heterocycles. The van der Waals surface area contributed by atoms with E-state index in [1.165, 1.54) is 6.42 Å². The van der Waals surface area contributed by atoms with Gasteiger partial charge in [0.1, 0.15) is 0 Å². The normalized spacial score (nSPS) is 47.6. The smallest absolute Gasteiger partial charge is 0.0617 e. The zero-order valence-corrected chi connectivity index (χ0v) is 7.95. The van der Waals surface area contributed by atoms with Crippen molar-refractivity contribution >= 4 is 45.8 Å². The van der Waals surface area contributed by atoms with Crippen LogP contribution in [0.15, 0.2) is 0 Å². The van der Waals surface area contributed by atoms with Crippen molar-refractivity contribution in [3.63, 3.8) is 0 Å². The molecule has 0 N–H and O–H groups in total. The molecule has 8 heavy (non-hydrogen) atoms. The first-order valence-electron chi connectivity index (χ1n) is 2.64. The summed E-state index contributed by atoms with van der Waals surface area (Å²) in [7, 11) is 0. The molecule has 1 saturated carbocycles. The Morgan fingerprint density at radius 3 is 2.00 bits per heavy atom. The van der Waals surface area contributed by atoms with Crippen LogP contribution in [0.3, 0.4) is 0 Å². The summed E-state index contributed by atoms with van der Waals surface area (Å²) in [4.78, 5) is 0. The summed E-state index contributed by atoms with van der Waals surface area (Å²) >= 11 is 14.1. The topological polar surface area (TPSA) is 0 Å². The van der Waals surface area contributed by atoms with Crippen molar-refractivity contribution in [3.05, 3.63) is 0 Å². The fraction of sp³-hybridized carbons (Fsp3) is 1.00. The van der Waals surface area contributed by atoms with Gasteiger partial charge in [-0.2, -0.15) is 0 Å². The van der Waals surface area contributed by atoms with Crippen molar-refractivity contribution in [2.24, 2.45) is 0 Å². The third kappa shape index (κ3) is 1.42. The molecule has 0 amide bonds. The van der Waals surface area contributed by atoms with Gasteiger partial charge in [-0.05, 0) is 12.8 Å². The number of rotatable bonds is 0. The predicted octanol–water partition coefficient (Wildman–Crippen LogP) is 2.80. The molecule has 1 aliphatic carbocycles. The minimum atomic E-state index is 0.206. The van der Waals surface area contributed by atoms with Gasteiger partial charge in [0.15, 0.2) is 0 Å². The Morgan fingerprint density at radius 1 is 1.25 bits per heavy atom. The lowest BCUT2D eigenvalue weighted by molar-refractivity contribution is 0.898. The average Bonchev–Trinajstić information content (AvgIpc) is 1.98. The van der Waals surface area contributed by atoms with Crippen molar-refractivity contribution in [1.82, 2.24) is 0 Å². The van der Waals surface area contributed by atoms with E-state index in [2.05, 4.69) is 22.6 Å². The minimum absolute atomic E-state index is 0.206. The van der Waals surface area contributed by atoms with E-state index in [0.29, 0.717) is 3.92 Å². The maximum atomic E-state index is 5.87. The molecule has 0 bridgehead atoms. The lowest BCUT2D eigenvalue weighted by Crippen LogP contribution is -2.13. The van der Waals surface area contributed by atoms with Crippen molar-refractivity contribution in [2.45, 2.75) is 27.5 Å². The van der Waals surface area contributed by atoms with Crippen LogP contribution in [0.5, 0.6) is 0 Å². The van der Waals surface area contributed by atoms with E-state index >= 15 is 0 Å². The molecule has 1 fully saturated rings. The summed E-state index contributed by atoms with van der Waals surface area (Å²) in [5.41, 5.74) is 0. The highest BCUT2D eigenvalue weighted by Crippen LogP contribution is 2.33. The Hall–Kier alpha value is 1.31. The van der Waals surface area contributed by atoms with Crippen molar-refractivity contribution in [3.8, 4) is 0 Å². The molecular formula is C5H7Cl2I. The summed E-state index contributed by atoms with van der Waals surface area (Å²) < 4.78 is 0.594. The summed E-state index contributed by atoms with van der Waals surface area (Å²) in [5, 5.41) is 0.427. The molecule has 0 nitrogen and oxygen atoms in total. The predicted molar refractivity (Wildman–Crippen MR) is 46.3 cm³/mol. The van der Waals surface area contributed by atoms with Gasteiger partial charge in [-0.1, -0.05) is 22.6 Å². The lowest BCUT2D eigenvalue weighted by Gasteiger charge is -2.05. The molecule has 0 aliphatic heterocycles. The minimum Gasteiger partial charge on any atom is -0.121 e. The molecular weight excluding hydrogens is 258 g/mol. The largest absolute Gasteiger partial charge is 0.121 e. The van der Waals surface area contributed by atoms with E-state index in [4.69, 9.17) is 23.2 Å². The first kappa shape index (κ1) is 7.42. The average molecular weight is 265 g/mol. The second-order valence-electron chi connectivity index (χ2n) is 2.05.